The molecule has 2 aromatic carbocycles. The van der Waals surface area contributed by atoms with Crippen molar-refractivity contribution in [2.75, 3.05) is 25.0 Å². The molecule has 2 aromatic rings. The molecule has 2 N–H and O–H groups in total. The van der Waals surface area contributed by atoms with Crippen molar-refractivity contribution in [1.82, 2.24) is 9.62 Å². The Morgan fingerprint density at radius 3 is 2.16 bits per heavy atom. The highest BCUT2D eigenvalue weighted by Gasteiger charge is 2.26. The Balaban J connectivity index is 1.51. The molecule has 0 unspecified atom stereocenters. The van der Waals surface area contributed by atoms with Crippen LogP contribution < -0.4 is 10.6 Å². The third kappa shape index (κ3) is 5.71. The second kappa shape index (κ2) is 10.4. The third-order valence-electron chi connectivity index (χ3n) is 4.94. The molecule has 32 heavy (non-hydrogen) atoms. The molecule has 2 amide bonds. The molecule has 10 heteroatoms. The summed E-state index contributed by atoms with van der Waals surface area (Å²) in [7, 11) is -3.49. The summed E-state index contributed by atoms with van der Waals surface area (Å²) >= 11 is 0. The van der Waals surface area contributed by atoms with E-state index in [1.54, 1.807) is 19.1 Å². The molecular weight excluding hydrogens is 434 g/mol. The van der Waals surface area contributed by atoms with E-state index in [-0.39, 0.29) is 18.0 Å². The van der Waals surface area contributed by atoms with Crippen LogP contribution in [0.25, 0.3) is 0 Å². The van der Waals surface area contributed by atoms with Gasteiger partial charge in [-0.05, 0) is 61.7 Å². The highest BCUT2D eigenvalue weighted by atomic mass is 32.2. The number of sulfonamides is 1. The summed E-state index contributed by atoms with van der Waals surface area (Å²) in [4.78, 5) is 36.0. The molecule has 0 aromatic heterocycles. The summed E-state index contributed by atoms with van der Waals surface area (Å²) in [6.07, 6.45) is 1.72. The van der Waals surface area contributed by atoms with E-state index in [0.717, 1.165) is 12.8 Å². The van der Waals surface area contributed by atoms with Crippen molar-refractivity contribution in [2.24, 2.45) is 0 Å². The van der Waals surface area contributed by atoms with Gasteiger partial charge in [0.05, 0.1) is 17.1 Å². The zero-order valence-corrected chi connectivity index (χ0v) is 18.5. The Bertz CT molecular complexity index is 1080. The van der Waals surface area contributed by atoms with Gasteiger partial charge >= 0.3 is 17.8 Å². The van der Waals surface area contributed by atoms with Crippen LogP contribution in [0.2, 0.25) is 0 Å². The number of carbonyl (C=O) groups excluding carboxylic acids is 3. The predicted octanol–water partition coefficient (Wildman–Crippen LogP) is 1.90. The molecule has 9 nitrogen and oxygen atoms in total. The zero-order chi connectivity index (χ0) is 23.1. The van der Waals surface area contributed by atoms with Crippen LogP contribution in [0.5, 0.6) is 0 Å². The highest BCUT2D eigenvalue weighted by molar-refractivity contribution is 7.89. The first kappa shape index (κ1) is 23.4. The van der Waals surface area contributed by atoms with Gasteiger partial charge in [-0.25, -0.2) is 13.2 Å². The first-order valence-corrected chi connectivity index (χ1v) is 11.7. The number of nitrogens with one attached hydrogen (secondary N) is 2. The van der Waals surface area contributed by atoms with Crippen molar-refractivity contribution in [3.05, 3.63) is 59.7 Å². The molecule has 1 aliphatic rings. The van der Waals surface area contributed by atoms with E-state index in [9.17, 15) is 22.8 Å². The smallest absolute Gasteiger partial charge is 0.338 e. The van der Waals surface area contributed by atoms with E-state index < -0.39 is 27.8 Å². The van der Waals surface area contributed by atoms with Gasteiger partial charge in [-0.2, -0.15) is 4.31 Å². The van der Waals surface area contributed by atoms with E-state index in [2.05, 4.69) is 10.6 Å². The fourth-order valence-corrected chi connectivity index (χ4v) is 4.73. The Hall–Kier alpha value is -3.24. The molecule has 1 heterocycles. The fourth-order valence-electron chi connectivity index (χ4n) is 3.21. The maximum Gasteiger partial charge on any atom is 0.338 e. The second-order valence-electron chi connectivity index (χ2n) is 7.19. The molecule has 0 bridgehead atoms. The molecule has 0 atom stereocenters. The van der Waals surface area contributed by atoms with Crippen LogP contribution in [0, 0.1) is 0 Å². The van der Waals surface area contributed by atoms with Gasteiger partial charge in [0.15, 0.2) is 0 Å². The standard InChI is InChI=1S/C22H25N3O6S/c1-2-31-22(28)17-7-9-18(10-8-17)24-21(27)20(26)23-15-16-5-11-19(12-6-16)32(29,30)25-13-3-4-14-25/h5-12H,2-4,13-15H2,1H3,(H,23,26)(H,24,27). The number of ether oxygens (including phenoxy) is 1. The van der Waals surface area contributed by atoms with Crippen molar-refractivity contribution in [1.29, 1.82) is 0 Å². The summed E-state index contributed by atoms with van der Waals surface area (Å²) in [5, 5.41) is 4.94. The molecule has 0 radical (unpaired) electrons. The van der Waals surface area contributed by atoms with E-state index in [1.165, 1.54) is 40.7 Å². The molecule has 3 rings (SSSR count). The summed E-state index contributed by atoms with van der Waals surface area (Å²) < 4.78 is 31.4. The SMILES string of the molecule is CCOC(=O)c1ccc(NC(=O)C(=O)NCc2ccc(S(=O)(=O)N3CCCC3)cc2)cc1. The number of carbonyl (C=O) groups is 3. The molecule has 0 aliphatic carbocycles. The number of nitrogens with zero attached hydrogens (tertiary/aromatic N) is 1. The van der Waals surface area contributed by atoms with E-state index in [4.69, 9.17) is 4.74 Å². The summed E-state index contributed by atoms with van der Waals surface area (Å²) in [6.45, 7) is 3.09. The number of hydrogen-bond donors (Lipinski definition) is 2. The highest BCUT2D eigenvalue weighted by Crippen LogP contribution is 2.21. The molecule has 1 saturated heterocycles. The number of anilines is 1. The second-order valence-corrected chi connectivity index (χ2v) is 9.13. The summed E-state index contributed by atoms with van der Waals surface area (Å²) in [6, 6.07) is 12.2. The van der Waals surface area contributed by atoms with Gasteiger partial charge in [0, 0.05) is 25.3 Å². The summed E-state index contributed by atoms with van der Waals surface area (Å²) in [5.74, 6) is -2.17. The largest absolute Gasteiger partial charge is 0.462 e. The normalized spacial score (nSPS) is 14.0. The molecule has 0 saturated carbocycles. The Morgan fingerprint density at radius 2 is 1.56 bits per heavy atom. The Labute approximate surface area is 186 Å². The van der Waals surface area contributed by atoms with Crippen molar-refractivity contribution in [3.63, 3.8) is 0 Å². The monoisotopic (exact) mass is 459 g/mol. The van der Waals surface area contributed by atoms with Crippen LogP contribution >= 0.6 is 0 Å². The average Bonchev–Trinajstić information content (AvgIpc) is 3.34. The van der Waals surface area contributed by atoms with Crippen LogP contribution in [0.1, 0.15) is 35.7 Å². The quantitative estimate of drug-likeness (QED) is 0.482. The first-order valence-electron chi connectivity index (χ1n) is 10.3. The number of benzene rings is 2. The third-order valence-corrected chi connectivity index (χ3v) is 6.85. The Kier molecular flexibility index (Phi) is 7.60. The van der Waals surface area contributed by atoms with Gasteiger partial charge in [-0.1, -0.05) is 12.1 Å². The lowest BCUT2D eigenvalue weighted by atomic mass is 10.2. The zero-order valence-electron chi connectivity index (χ0n) is 17.7. The lowest BCUT2D eigenvalue weighted by molar-refractivity contribution is -0.136. The lowest BCUT2D eigenvalue weighted by Gasteiger charge is -2.15. The van der Waals surface area contributed by atoms with E-state index >= 15 is 0 Å². The van der Waals surface area contributed by atoms with Gasteiger partial charge in [0.1, 0.15) is 0 Å². The molecule has 170 valence electrons. The fraction of sp³-hybridized carbons (Fsp3) is 0.318. The van der Waals surface area contributed by atoms with Crippen molar-refractivity contribution in [3.8, 4) is 0 Å². The minimum Gasteiger partial charge on any atom is -0.462 e. The number of rotatable bonds is 7. The molecule has 1 aliphatic heterocycles. The van der Waals surface area contributed by atoms with Gasteiger partial charge in [-0.15, -0.1) is 0 Å². The predicted molar refractivity (Wildman–Crippen MR) is 117 cm³/mol. The van der Waals surface area contributed by atoms with Gasteiger partial charge in [0.2, 0.25) is 10.0 Å². The number of amides is 2. The average molecular weight is 460 g/mol. The topological polar surface area (TPSA) is 122 Å². The van der Waals surface area contributed by atoms with Crippen LogP contribution in [0.3, 0.4) is 0 Å². The minimum absolute atomic E-state index is 0.0676. The van der Waals surface area contributed by atoms with E-state index in [0.29, 0.717) is 29.9 Å². The van der Waals surface area contributed by atoms with Gasteiger partial charge in [-0.3, -0.25) is 9.59 Å². The molecule has 1 fully saturated rings. The Morgan fingerprint density at radius 1 is 0.938 bits per heavy atom. The van der Waals surface area contributed by atoms with Crippen LogP contribution in [-0.2, 0) is 30.9 Å². The minimum atomic E-state index is -3.49. The number of esters is 1. The lowest BCUT2D eigenvalue weighted by Crippen LogP contribution is -2.35. The van der Waals surface area contributed by atoms with Crippen LogP contribution in [0.4, 0.5) is 5.69 Å². The summed E-state index contributed by atoms with van der Waals surface area (Å²) in [5.41, 5.74) is 1.35. The van der Waals surface area contributed by atoms with Gasteiger partial charge < -0.3 is 15.4 Å². The van der Waals surface area contributed by atoms with Crippen molar-refractivity contribution >= 4 is 33.5 Å². The maximum atomic E-state index is 12.5. The van der Waals surface area contributed by atoms with Crippen molar-refractivity contribution in [2.45, 2.75) is 31.2 Å². The molecular formula is C22H25N3O6S. The van der Waals surface area contributed by atoms with Gasteiger partial charge in [0.25, 0.3) is 0 Å². The van der Waals surface area contributed by atoms with Crippen LogP contribution in [-0.4, -0.2) is 50.2 Å². The van der Waals surface area contributed by atoms with E-state index in [1.807, 2.05) is 0 Å². The first-order chi connectivity index (χ1) is 15.3. The molecule has 0 spiro atoms. The maximum absolute atomic E-state index is 12.5. The van der Waals surface area contributed by atoms with Crippen LogP contribution in [0.15, 0.2) is 53.4 Å². The number of hydrogen-bond acceptors (Lipinski definition) is 6. The van der Waals surface area contributed by atoms with Crippen molar-refractivity contribution < 1.29 is 27.5 Å².